The van der Waals surface area contributed by atoms with Crippen LogP contribution in [0, 0.1) is 5.41 Å². The van der Waals surface area contributed by atoms with Crippen molar-refractivity contribution in [2.24, 2.45) is 5.41 Å². The summed E-state index contributed by atoms with van der Waals surface area (Å²) in [6, 6.07) is 5.43. The number of aromatic nitrogens is 1. The first-order valence-electron chi connectivity index (χ1n) is 5.91. The summed E-state index contributed by atoms with van der Waals surface area (Å²) in [6.07, 6.45) is 0. The Morgan fingerprint density at radius 3 is 3.00 bits per heavy atom. The van der Waals surface area contributed by atoms with Gasteiger partial charge in [-0.3, -0.25) is 4.79 Å². The minimum Gasteiger partial charge on any atom is -0.396 e. The zero-order valence-electron chi connectivity index (χ0n) is 10.8. The molecule has 19 heavy (non-hydrogen) atoms. The minimum absolute atomic E-state index is 0.00649. The average Bonchev–Trinajstić information content (AvgIpc) is 3.05. The fourth-order valence-corrected chi connectivity index (χ4v) is 2.06. The molecule has 0 unspecified atom stereocenters. The molecule has 2 heterocycles. The molecule has 2 aromatic heterocycles. The second-order valence-corrected chi connectivity index (χ2v) is 6.01. The maximum atomic E-state index is 11.9. The van der Waals surface area contributed by atoms with Crippen LogP contribution in [0.1, 0.15) is 24.3 Å². The monoisotopic (exact) mass is 280 g/mol. The topological polar surface area (TPSA) is 75.4 Å². The van der Waals surface area contributed by atoms with Crippen LogP contribution in [0.5, 0.6) is 0 Å². The number of carbonyl (C=O) groups excluding carboxylic acids is 1. The van der Waals surface area contributed by atoms with Crippen LogP contribution >= 0.6 is 11.3 Å². The van der Waals surface area contributed by atoms with Crippen LogP contribution in [0.15, 0.2) is 28.1 Å². The van der Waals surface area contributed by atoms with Gasteiger partial charge >= 0.3 is 0 Å². The maximum Gasteiger partial charge on any atom is 0.273 e. The predicted octanol–water partition coefficient (Wildman–Crippen LogP) is 2.15. The Balaban J connectivity index is 2.01. The number of nitrogens with one attached hydrogen (secondary N) is 1. The fourth-order valence-electron chi connectivity index (χ4n) is 1.38. The molecule has 1 amide bonds. The molecular weight excluding hydrogens is 264 g/mol. The SMILES string of the molecule is CC(C)(CO)CNC(=O)c1cc(-c2cccs2)on1. The van der Waals surface area contributed by atoms with Gasteiger partial charge in [-0.05, 0) is 11.4 Å². The van der Waals surface area contributed by atoms with Gasteiger partial charge in [-0.25, -0.2) is 0 Å². The van der Waals surface area contributed by atoms with Crippen molar-refractivity contribution in [3.63, 3.8) is 0 Å². The summed E-state index contributed by atoms with van der Waals surface area (Å²) >= 11 is 1.52. The van der Waals surface area contributed by atoms with Gasteiger partial charge in [0.15, 0.2) is 11.5 Å². The maximum absolute atomic E-state index is 11.9. The molecule has 0 aliphatic heterocycles. The molecule has 6 heteroatoms. The molecular formula is C13H16N2O3S. The van der Waals surface area contributed by atoms with Crippen LogP contribution in [0.25, 0.3) is 10.6 Å². The van der Waals surface area contributed by atoms with Gasteiger partial charge in [0.1, 0.15) is 0 Å². The molecule has 0 saturated carbocycles. The average molecular weight is 280 g/mol. The summed E-state index contributed by atoms with van der Waals surface area (Å²) < 4.78 is 5.14. The van der Waals surface area contributed by atoms with E-state index in [1.807, 2.05) is 31.4 Å². The summed E-state index contributed by atoms with van der Waals surface area (Å²) in [5, 5.41) is 17.5. The van der Waals surface area contributed by atoms with E-state index in [2.05, 4.69) is 10.5 Å². The highest BCUT2D eigenvalue weighted by Crippen LogP contribution is 2.25. The van der Waals surface area contributed by atoms with Crippen molar-refractivity contribution in [1.29, 1.82) is 0 Å². The second kappa shape index (κ2) is 5.54. The van der Waals surface area contributed by atoms with Crippen molar-refractivity contribution in [2.75, 3.05) is 13.2 Å². The third-order valence-corrected chi connectivity index (χ3v) is 3.55. The first kappa shape index (κ1) is 13.8. The van der Waals surface area contributed by atoms with Crippen molar-refractivity contribution >= 4 is 17.2 Å². The molecule has 2 N–H and O–H groups in total. The third-order valence-electron chi connectivity index (χ3n) is 2.66. The van der Waals surface area contributed by atoms with Gasteiger partial charge in [-0.15, -0.1) is 11.3 Å². The van der Waals surface area contributed by atoms with Crippen molar-refractivity contribution < 1.29 is 14.4 Å². The van der Waals surface area contributed by atoms with E-state index >= 15 is 0 Å². The van der Waals surface area contributed by atoms with Crippen LogP contribution in [0.4, 0.5) is 0 Å². The number of nitrogens with zero attached hydrogens (tertiary/aromatic N) is 1. The number of hydrogen-bond donors (Lipinski definition) is 2. The van der Waals surface area contributed by atoms with E-state index in [1.165, 1.54) is 11.3 Å². The van der Waals surface area contributed by atoms with Crippen molar-refractivity contribution in [3.8, 4) is 10.6 Å². The first-order chi connectivity index (χ1) is 9.02. The van der Waals surface area contributed by atoms with Crippen LogP contribution < -0.4 is 5.32 Å². The van der Waals surface area contributed by atoms with E-state index in [9.17, 15) is 4.79 Å². The molecule has 0 fully saturated rings. The molecule has 2 aromatic rings. The number of amides is 1. The quantitative estimate of drug-likeness (QED) is 0.880. The summed E-state index contributed by atoms with van der Waals surface area (Å²) in [7, 11) is 0. The van der Waals surface area contributed by atoms with Gasteiger partial charge in [0, 0.05) is 24.6 Å². The minimum atomic E-state index is -0.351. The largest absolute Gasteiger partial charge is 0.396 e. The standard InChI is InChI=1S/C13H16N2O3S/c1-13(2,8-16)7-14-12(17)9-6-10(18-15-9)11-4-3-5-19-11/h3-6,16H,7-8H2,1-2H3,(H,14,17). The Hall–Kier alpha value is -1.66. The van der Waals surface area contributed by atoms with E-state index in [4.69, 9.17) is 9.63 Å². The molecule has 0 bridgehead atoms. The normalized spacial score (nSPS) is 11.5. The Morgan fingerprint density at radius 2 is 2.37 bits per heavy atom. The number of aliphatic hydroxyl groups is 1. The Morgan fingerprint density at radius 1 is 1.58 bits per heavy atom. The molecule has 2 rings (SSSR count). The molecule has 5 nitrogen and oxygen atoms in total. The second-order valence-electron chi connectivity index (χ2n) is 5.06. The highest BCUT2D eigenvalue weighted by molar-refractivity contribution is 7.13. The van der Waals surface area contributed by atoms with E-state index in [0.717, 1.165) is 4.88 Å². The van der Waals surface area contributed by atoms with E-state index in [1.54, 1.807) is 6.07 Å². The van der Waals surface area contributed by atoms with Gasteiger partial charge < -0.3 is 14.9 Å². The molecule has 102 valence electrons. The number of rotatable bonds is 5. The van der Waals surface area contributed by atoms with Crippen LogP contribution in [-0.4, -0.2) is 29.3 Å². The Bertz CT molecular complexity index is 546. The molecule has 0 saturated heterocycles. The number of aliphatic hydroxyl groups excluding tert-OH is 1. The van der Waals surface area contributed by atoms with Crippen molar-refractivity contribution in [3.05, 3.63) is 29.3 Å². The Labute approximate surface area is 115 Å². The van der Waals surface area contributed by atoms with Crippen LogP contribution in [0.3, 0.4) is 0 Å². The van der Waals surface area contributed by atoms with E-state index in [-0.39, 0.29) is 23.6 Å². The fraction of sp³-hybridized carbons (Fsp3) is 0.385. The molecule has 0 atom stereocenters. The van der Waals surface area contributed by atoms with Crippen LogP contribution in [0.2, 0.25) is 0 Å². The lowest BCUT2D eigenvalue weighted by Gasteiger charge is -2.21. The zero-order valence-corrected chi connectivity index (χ0v) is 11.7. The smallest absolute Gasteiger partial charge is 0.273 e. The third kappa shape index (κ3) is 3.42. The van der Waals surface area contributed by atoms with E-state index in [0.29, 0.717) is 12.3 Å². The van der Waals surface area contributed by atoms with Gasteiger partial charge in [-0.1, -0.05) is 25.1 Å². The van der Waals surface area contributed by atoms with Gasteiger partial charge in [0.2, 0.25) is 0 Å². The molecule has 0 aromatic carbocycles. The number of hydrogen-bond acceptors (Lipinski definition) is 5. The van der Waals surface area contributed by atoms with Gasteiger partial charge in [0.25, 0.3) is 5.91 Å². The van der Waals surface area contributed by atoms with Crippen molar-refractivity contribution in [1.82, 2.24) is 10.5 Å². The predicted molar refractivity (Wildman–Crippen MR) is 73.0 cm³/mol. The summed E-state index contributed by atoms with van der Waals surface area (Å²) in [5.41, 5.74) is -0.104. The van der Waals surface area contributed by atoms with Crippen LogP contribution in [-0.2, 0) is 0 Å². The molecule has 0 spiro atoms. The van der Waals surface area contributed by atoms with Gasteiger partial charge in [-0.2, -0.15) is 0 Å². The first-order valence-corrected chi connectivity index (χ1v) is 6.79. The summed E-state index contributed by atoms with van der Waals surface area (Å²) in [6.45, 7) is 4.12. The summed E-state index contributed by atoms with van der Waals surface area (Å²) in [5.74, 6) is 0.287. The molecule has 0 radical (unpaired) electrons. The number of carbonyl (C=O) groups is 1. The molecule has 0 aliphatic rings. The van der Waals surface area contributed by atoms with E-state index < -0.39 is 0 Å². The lowest BCUT2D eigenvalue weighted by Crippen LogP contribution is -2.36. The molecule has 0 aliphatic carbocycles. The number of thiophene rings is 1. The highest BCUT2D eigenvalue weighted by Gasteiger charge is 2.20. The zero-order chi connectivity index (χ0) is 13.9. The van der Waals surface area contributed by atoms with Gasteiger partial charge in [0.05, 0.1) is 4.88 Å². The Kier molecular flexibility index (Phi) is 4.01. The lowest BCUT2D eigenvalue weighted by molar-refractivity contribution is 0.0902. The highest BCUT2D eigenvalue weighted by atomic mass is 32.1. The lowest BCUT2D eigenvalue weighted by atomic mass is 9.95. The van der Waals surface area contributed by atoms with Crippen molar-refractivity contribution in [2.45, 2.75) is 13.8 Å². The summed E-state index contributed by atoms with van der Waals surface area (Å²) in [4.78, 5) is 12.8.